The van der Waals surface area contributed by atoms with Crippen molar-refractivity contribution < 1.29 is 9.18 Å². The van der Waals surface area contributed by atoms with Crippen molar-refractivity contribution in [3.8, 4) is 0 Å². The Morgan fingerprint density at radius 2 is 1.89 bits per heavy atom. The van der Waals surface area contributed by atoms with Crippen molar-refractivity contribution in [2.45, 2.75) is 39.2 Å². The zero-order valence-electron chi connectivity index (χ0n) is 11.2. The Hall–Kier alpha value is -0.900. The van der Waals surface area contributed by atoms with Crippen LogP contribution in [-0.2, 0) is 0 Å². The second kappa shape index (κ2) is 6.04. The molecule has 1 aromatic rings. The highest BCUT2D eigenvalue weighted by Crippen LogP contribution is 2.29. The molecule has 0 saturated heterocycles. The van der Waals surface area contributed by atoms with Gasteiger partial charge in [0, 0.05) is 10.5 Å². The number of amides is 1. The highest BCUT2D eigenvalue weighted by molar-refractivity contribution is 9.10. The molecule has 0 heterocycles. The fourth-order valence-electron chi connectivity index (χ4n) is 3.00. The highest BCUT2D eigenvalue weighted by Gasteiger charge is 2.25. The van der Waals surface area contributed by atoms with E-state index in [0.717, 1.165) is 12.8 Å². The number of benzene rings is 1. The van der Waals surface area contributed by atoms with Crippen molar-refractivity contribution in [3.05, 3.63) is 34.1 Å². The second-order valence-corrected chi connectivity index (χ2v) is 6.57. The molecule has 1 aliphatic rings. The van der Waals surface area contributed by atoms with E-state index in [0.29, 0.717) is 21.9 Å². The maximum absolute atomic E-state index is 13.0. The summed E-state index contributed by atoms with van der Waals surface area (Å²) < 4.78 is 13.5. The molecule has 2 atom stereocenters. The number of hydrogen-bond acceptors (Lipinski definition) is 1. The predicted molar refractivity (Wildman–Crippen MR) is 77.5 cm³/mol. The normalized spacial score (nSPS) is 27.1. The molecule has 4 heteroatoms. The van der Waals surface area contributed by atoms with E-state index in [-0.39, 0.29) is 17.8 Å². The molecule has 104 valence electrons. The van der Waals surface area contributed by atoms with Gasteiger partial charge in [-0.25, -0.2) is 4.39 Å². The summed E-state index contributed by atoms with van der Waals surface area (Å²) in [4.78, 5) is 12.2. The van der Waals surface area contributed by atoms with Crippen LogP contribution in [-0.4, -0.2) is 11.9 Å². The van der Waals surface area contributed by atoms with E-state index in [1.807, 2.05) is 0 Å². The van der Waals surface area contributed by atoms with Gasteiger partial charge in [0.05, 0.1) is 5.56 Å². The zero-order chi connectivity index (χ0) is 14.0. The molecule has 1 aliphatic carbocycles. The van der Waals surface area contributed by atoms with E-state index in [1.54, 1.807) is 0 Å². The van der Waals surface area contributed by atoms with Gasteiger partial charge in [0.2, 0.25) is 0 Å². The van der Waals surface area contributed by atoms with E-state index in [1.165, 1.54) is 24.6 Å². The molecule has 0 aromatic heterocycles. The Morgan fingerprint density at radius 1 is 1.26 bits per heavy atom. The first kappa shape index (κ1) is 14.5. The van der Waals surface area contributed by atoms with Gasteiger partial charge in [-0.05, 0) is 65.2 Å². The standard InChI is InChI=1S/C15H19BrFNO/c1-9-5-10(2)7-12(6-9)18-15(19)13-4-3-11(17)8-14(13)16/h3-4,8-10,12H,5-7H2,1-2H3,(H,18,19). The van der Waals surface area contributed by atoms with Crippen LogP contribution in [0.1, 0.15) is 43.5 Å². The Labute approximate surface area is 121 Å². The lowest BCUT2D eigenvalue weighted by Crippen LogP contribution is -2.40. The average Bonchev–Trinajstić information content (AvgIpc) is 2.26. The molecule has 2 unspecified atom stereocenters. The van der Waals surface area contributed by atoms with Gasteiger partial charge in [0.25, 0.3) is 5.91 Å². The summed E-state index contributed by atoms with van der Waals surface area (Å²) in [6, 6.07) is 4.38. The molecule has 1 aromatic carbocycles. The van der Waals surface area contributed by atoms with Crippen LogP contribution in [0, 0.1) is 17.7 Å². The van der Waals surface area contributed by atoms with Crippen molar-refractivity contribution in [1.29, 1.82) is 0 Å². The van der Waals surface area contributed by atoms with E-state index in [9.17, 15) is 9.18 Å². The fourth-order valence-corrected chi connectivity index (χ4v) is 3.53. The van der Waals surface area contributed by atoms with Gasteiger partial charge in [-0.1, -0.05) is 13.8 Å². The van der Waals surface area contributed by atoms with Gasteiger partial charge in [-0.2, -0.15) is 0 Å². The average molecular weight is 328 g/mol. The van der Waals surface area contributed by atoms with Gasteiger partial charge in [0.15, 0.2) is 0 Å². The molecule has 0 aliphatic heterocycles. The molecule has 19 heavy (non-hydrogen) atoms. The summed E-state index contributed by atoms with van der Waals surface area (Å²) in [7, 11) is 0. The van der Waals surface area contributed by atoms with Crippen LogP contribution < -0.4 is 5.32 Å². The van der Waals surface area contributed by atoms with Gasteiger partial charge in [0.1, 0.15) is 5.82 Å². The smallest absolute Gasteiger partial charge is 0.252 e. The lowest BCUT2D eigenvalue weighted by atomic mass is 9.80. The number of nitrogens with one attached hydrogen (secondary N) is 1. The third-order valence-corrected chi connectivity index (χ3v) is 4.35. The second-order valence-electron chi connectivity index (χ2n) is 5.71. The predicted octanol–water partition coefficient (Wildman–Crippen LogP) is 4.14. The van der Waals surface area contributed by atoms with E-state index in [2.05, 4.69) is 35.1 Å². The van der Waals surface area contributed by atoms with Crippen LogP contribution >= 0.6 is 15.9 Å². The summed E-state index contributed by atoms with van der Waals surface area (Å²) in [5.41, 5.74) is 0.493. The summed E-state index contributed by atoms with van der Waals surface area (Å²) in [5, 5.41) is 3.06. The number of carbonyl (C=O) groups excluding carboxylic acids is 1. The number of hydrogen-bond donors (Lipinski definition) is 1. The largest absolute Gasteiger partial charge is 0.349 e. The van der Waals surface area contributed by atoms with Crippen molar-refractivity contribution in [2.75, 3.05) is 0 Å². The molecule has 0 bridgehead atoms. The molecule has 2 rings (SSSR count). The molecule has 1 amide bonds. The summed E-state index contributed by atoms with van der Waals surface area (Å²) in [6.07, 6.45) is 3.27. The van der Waals surface area contributed by atoms with Crippen molar-refractivity contribution in [3.63, 3.8) is 0 Å². The number of halogens is 2. The zero-order valence-corrected chi connectivity index (χ0v) is 12.8. The van der Waals surface area contributed by atoms with Gasteiger partial charge >= 0.3 is 0 Å². The Kier molecular flexibility index (Phi) is 4.61. The maximum atomic E-state index is 13.0. The van der Waals surface area contributed by atoms with Crippen molar-refractivity contribution >= 4 is 21.8 Å². The third-order valence-electron chi connectivity index (χ3n) is 3.69. The van der Waals surface area contributed by atoms with Crippen LogP contribution in [0.25, 0.3) is 0 Å². The van der Waals surface area contributed by atoms with Crippen LogP contribution in [0.15, 0.2) is 22.7 Å². The van der Waals surface area contributed by atoms with Crippen molar-refractivity contribution in [1.82, 2.24) is 5.32 Å². The highest BCUT2D eigenvalue weighted by atomic mass is 79.9. The fraction of sp³-hybridized carbons (Fsp3) is 0.533. The first-order valence-corrected chi connectivity index (χ1v) is 7.51. The van der Waals surface area contributed by atoms with E-state index < -0.39 is 0 Å². The molecule has 2 nitrogen and oxygen atoms in total. The van der Waals surface area contributed by atoms with Crippen molar-refractivity contribution in [2.24, 2.45) is 11.8 Å². The third kappa shape index (κ3) is 3.78. The Morgan fingerprint density at radius 3 is 2.47 bits per heavy atom. The summed E-state index contributed by atoms with van der Waals surface area (Å²) in [5.74, 6) is 0.818. The number of rotatable bonds is 2. The molecule has 1 saturated carbocycles. The SMILES string of the molecule is CC1CC(C)CC(NC(=O)c2ccc(F)cc2Br)C1. The Bertz CT molecular complexity index is 467. The minimum atomic E-state index is -0.344. The van der Waals surface area contributed by atoms with Crippen LogP contribution in [0.3, 0.4) is 0 Å². The molecule has 1 fully saturated rings. The molecule has 0 radical (unpaired) electrons. The quantitative estimate of drug-likeness (QED) is 0.868. The lowest BCUT2D eigenvalue weighted by Gasteiger charge is -2.32. The van der Waals surface area contributed by atoms with Gasteiger partial charge in [-0.15, -0.1) is 0 Å². The summed E-state index contributed by atoms with van der Waals surface area (Å²) in [6.45, 7) is 4.45. The molecule has 1 N–H and O–H groups in total. The topological polar surface area (TPSA) is 29.1 Å². The molecular formula is C15H19BrFNO. The van der Waals surface area contributed by atoms with Crippen LogP contribution in [0.5, 0.6) is 0 Å². The molecule has 0 spiro atoms. The summed E-state index contributed by atoms with van der Waals surface area (Å²) >= 11 is 3.24. The maximum Gasteiger partial charge on any atom is 0.252 e. The van der Waals surface area contributed by atoms with Crippen LogP contribution in [0.2, 0.25) is 0 Å². The lowest BCUT2D eigenvalue weighted by molar-refractivity contribution is 0.0910. The van der Waals surface area contributed by atoms with E-state index in [4.69, 9.17) is 0 Å². The minimum absolute atomic E-state index is 0.127. The van der Waals surface area contributed by atoms with Gasteiger partial charge < -0.3 is 5.32 Å². The Balaban J connectivity index is 2.04. The minimum Gasteiger partial charge on any atom is -0.349 e. The first-order valence-electron chi connectivity index (χ1n) is 6.71. The van der Waals surface area contributed by atoms with Gasteiger partial charge in [-0.3, -0.25) is 4.79 Å². The molecular weight excluding hydrogens is 309 g/mol. The monoisotopic (exact) mass is 327 g/mol. The first-order chi connectivity index (χ1) is 8.95. The van der Waals surface area contributed by atoms with E-state index >= 15 is 0 Å². The van der Waals surface area contributed by atoms with Crippen LogP contribution in [0.4, 0.5) is 4.39 Å². The number of carbonyl (C=O) groups is 1.